The van der Waals surface area contributed by atoms with Crippen LogP contribution < -0.4 is 10.6 Å². The maximum absolute atomic E-state index is 14.3. The van der Waals surface area contributed by atoms with Gasteiger partial charge in [0.2, 0.25) is 5.91 Å². The van der Waals surface area contributed by atoms with Gasteiger partial charge in [0.05, 0.1) is 20.7 Å². The second-order valence-corrected chi connectivity index (χ2v) is 5.70. The molecule has 20 heavy (non-hydrogen) atoms. The topological polar surface area (TPSA) is 83.6 Å². The molecule has 1 heterocycles. The fourth-order valence-corrected chi connectivity index (χ4v) is 2.66. The summed E-state index contributed by atoms with van der Waals surface area (Å²) in [7, 11) is 0. The lowest BCUT2D eigenvalue weighted by Gasteiger charge is -2.20. The smallest absolute Gasteiger partial charge is 0.337 e. The van der Waals surface area contributed by atoms with Gasteiger partial charge >= 0.3 is 5.97 Å². The third-order valence-corrected chi connectivity index (χ3v) is 4.48. The number of nitrogens with two attached hydrogens (primary N) is 1. The van der Waals surface area contributed by atoms with E-state index in [0.29, 0.717) is 0 Å². The Kier molecular flexibility index (Phi) is 4.31. The fraction of sp³-hybridized carbons (Fsp3) is 0.333. The molecule has 5 nitrogen and oxygen atoms in total. The number of hydrogen-bond donors (Lipinski definition) is 2. The average Bonchev–Trinajstić information content (AvgIpc) is 2.76. The monoisotopic (exact) mass is 364 g/mol. The molecule has 1 aliphatic rings. The van der Waals surface area contributed by atoms with Crippen LogP contribution in [0.15, 0.2) is 10.5 Å². The molecule has 3 N–H and O–H groups in total. The molecule has 1 fully saturated rings. The first-order chi connectivity index (χ1) is 9.36. The van der Waals surface area contributed by atoms with E-state index >= 15 is 0 Å². The molecule has 1 aromatic carbocycles. The SMILES string of the molecule is NCC1CC(=O)N(c2c(C(=O)O)cc(Cl)c(Br)c2F)C1. The summed E-state index contributed by atoms with van der Waals surface area (Å²) >= 11 is 8.71. The van der Waals surface area contributed by atoms with E-state index in [-0.39, 0.29) is 52.1 Å². The molecule has 0 aliphatic carbocycles. The quantitative estimate of drug-likeness (QED) is 0.805. The number of aromatic carboxylic acids is 1. The summed E-state index contributed by atoms with van der Waals surface area (Å²) in [6.07, 6.45) is 0.176. The Balaban J connectivity index is 2.58. The van der Waals surface area contributed by atoms with Crippen LogP contribution in [0.5, 0.6) is 0 Å². The Morgan fingerprint density at radius 2 is 2.30 bits per heavy atom. The van der Waals surface area contributed by atoms with Crippen molar-refractivity contribution in [1.82, 2.24) is 0 Å². The van der Waals surface area contributed by atoms with Gasteiger partial charge in [0, 0.05) is 13.0 Å². The molecule has 1 atom stereocenters. The summed E-state index contributed by atoms with van der Waals surface area (Å²) < 4.78 is 14.3. The number of amides is 1. The zero-order valence-corrected chi connectivity index (χ0v) is 12.5. The van der Waals surface area contributed by atoms with Crippen LogP contribution in [-0.4, -0.2) is 30.1 Å². The molecule has 0 aromatic heterocycles. The number of nitrogens with zero attached hydrogens (tertiary/aromatic N) is 1. The first kappa shape index (κ1) is 15.2. The maximum atomic E-state index is 14.3. The largest absolute Gasteiger partial charge is 0.478 e. The van der Waals surface area contributed by atoms with E-state index in [1.165, 1.54) is 0 Å². The minimum Gasteiger partial charge on any atom is -0.478 e. The van der Waals surface area contributed by atoms with Crippen LogP contribution >= 0.6 is 27.5 Å². The molecule has 0 bridgehead atoms. The minimum atomic E-state index is -1.35. The fourth-order valence-electron chi connectivity index (χ4n) is 2.17. The summed E-state index contributed by atoms with van der Waals surface area (Å²) in [5.74, 6) is -2.67. The van der Waals surface area contributed by atoms with Gasteiger partial charge in [-0.2, -0.15) is 0 Å². The highest BCUT2D eigenvalue weighted by Gasteiger charge is 2.35. The summed E-state index contributed by atoms with van der Waals surface area (Å²) in [6.45, 7) is 0.474. The van der Waals surface area contributed by atoms with Gasteiger partial charge in [-0.15, -0.1) is 0 Å². The van der Waals surface area contributed by atoms with Crippen LogP contribution in [0.25, 0.3) is 0 Å². The highest BCUT2D eigenvalue weighted by Crippen LogP contribution is 2.38. The van der Waals surface area contributed by atoms with E-state index in [4.69, 9.17) is 17.3 Å². The highest BCUT2D eigenvalue weighted by molar-refractivity contribution is 9.10. The zero-order valence-electron chi connectivity index (χ0n) is 10.2. The molecule has 0 saturated carbocycles. The molecule has 0 radical (unpaired) electrons. The number of carboxylic acid groups (broad SMARTS) is 1. The summed E-state index contributed by atoms with van der Waals surface area (Å²) in [4.78, 5) is 24.3. The molecule has 1 aliphatic heterocycles. The molecular formula is C12H11BrClFN2O3. The number of rotatable bonds is 3. The van der Waals surface area contributed by atoms with Gasteiger partial charge in [-0.25, -0.2) is 9.18 Å². The first-order valence-corrected chi connectivity index (χ1v) is 6.95. The van der Waals surface area contributed by atoms with Gasteiger partial charge < -0.3 is 15.7 Å². The van der Waals surface area contributed by atoms with Crippen LogP contribution in [0.3, 0.4) is 0 Å². The Morgan fingerprint density at radius 1 is 1.65 bits per heavy atom. The Bertz CT molecular complexity index is 597. The Morgan fingerprint density at radius 3 is 2.80 bits per heavy atom. The van der Waals surface area contributed by atoms with Crippen LogP contribution in [0, 0.1) is 11.7 Å². The summed E-state index contributed by atoms with van der Waals surface area (Å²) in [6, 6.07) is 1.12. The van der Waals surface area contributed by atoms with Crippen molar-refractivity contribution in [2.75, 3.05) is 18.0 Å². The van der Waals surface area contributed by atoms with Gasteiger partial charge in [0.15, 0.2) is 5.82 Å². The van der Waals surface area contributed by atoms with Crippen LogP contribution in [0.2, 0.25) is 5.02 Å². The van der Waals surface area contributed by atoms with Gasteiger partial charge in [-0.3, -0.25) is 4.79 Å². The second-order valence-electron chi connectivity index (χ2n) is 4.50. The number of hydrogen-bond acceptors (Lipinski definition) is 3. The number of anilines is 1. The molecular weight excluding hydrogens is 354 g/mol. The highest BCUT2D eigenvalue weighted by atomic mass is 79.9. The van der Waals surface area contributed by atoms with E-state index in [2.05, 4.69) is 15.9 Å². The van der Waals surface area contributed by atoms with Crippen molar-refractivity contribution in [3.05, 3.63) is 26.9 Å². The van der Waals surface area contributed by atoms with Crippen LogP contribution in [-0.2, 0) is 4.79 Å². The number of benzene rings is 1. The van der Waals surface area contributed by atoms with Crippen molar-refractivity contribution in [1.29, 1.82) is 0 Å². The molecule has 1 amide bonds. The Hall–Kier alpha value is -1.18. The lowest BCUT2D eigenvalue weighted by molar-refractivity contribution is -0.117. The Labute approximate surface area is 127 Å². The van der Waals surface area contributed by atoms with E-state index in [9.17, 15) is 19.1 Å². The summed E-state index contributed by atoms with van der Waals surface area (Å²) in [5, 5.41) is 9.11. The molecule has 8 heteroatoms. The standard InChI is InChI=1S/C12H11BrClFN2O3/c13-9-7(14)2-6(12(19)20)11(10(9)15)17-4-5(3-16)1-8(17)18/h2,5H,1,3-4,16H2,(H,19,20). The van der Waals surface area contributed by atoms with E-state index in [0.717, 1.165) is 11.0 Å². The number of carbonyl (C=O) groups excluding carboxylic acids is 1. The molecule has 0 spiro atoms. The van der Waals surface area contributed by atoms with Crippen LogP contribution in [0.4, 0.5) is 10.1 Å². The summed E-state index contributed by atoms with van der Waals surface area (Å²) in [5.41, 5.74) is 4.89. The van der Waals surface area contributed by atoms with E-state index in [1.807, 2.05) is 0 Å². The lowest BCUT2D eigenvalue weighted by Crippen LogP contribution is -2.28. The second kappa shape index (κ2) is 5.67. The van der Waals surface area contributed by atoms with Gasteiger partial charge in [-0.1, -0.05) is 11.6 Å². The zero-order chi connectivity index (χ0) is 15.0. The normalized spacial score (nSPS) is 18.7. The molecule has 108 valence electrons. The third kappa shape index (κ3) is 2.53. The van der Waals surface area contributed by atoms with Crippen molar-refractivity contribution in [2.24, 2.45) is 11.7 Å². The third-order valence-electron chi connectivity index (χ3n) is 3.18. The van der Waals surface area contributed by atoms with Crippen LogP contribution in [0.1, 0.15) is 16.8 Å². The van der Waals surface area contributed by atoms with Crippen molar-refractivity contribution in [3.8, 4) is 0 Å². The van der Waals surface area contributed by atoms with Crippen molar-refractivity contribution < 1.29 is 19.1 Å². The van der Waals surface area contributed by atoms with E-state index < -0.39 is 11.8 Å². The molecule has 1 aromatic rings. The first-order valence-electron chi connectivity index (χ1n) is 5.78. The number of carboxylic acids is 1. The van der Waals surface area contributed by atoms with Crippen molar-refractivity contribution in [3.63, 3.8) is 0 Å². The van der Waals surface area contributed by atoms with Gasteiger partial charge in [-0.05, 0) is 34.5 Å². The van der Waals surface area contributed by atoms with Gasteiger partial charge in [0.1, 0.15) is 0 Å². The maximum Gasteiger partial charge on any atom is 0.337 e. The predicted octanol–water partition coefficient (Wildman–Crippen LogP) is 2.25. The predicted molar refractivity (Wildman–Crippen MR) is 75.6 cm³/mol. The lowest BCUT2D eigenvalue weighted by atomic mass is 10.1. The van der Waals surface area contributed by atoms with E-state index in [1.54, 1.807) is 0 Å². The minimum absolute atomic E-state index is 0.0642. The average molecular weight is 366 g/mol. The number of halogens is 3. The number of carbonyl (C=O) groups is 2. The molecule has 1 unspecified atom stereocenters. The van der Waals surface area contributed by atoms with Gasteiger partial charge in [0.25, 0.3) is 0 Å². The van der Waals surface area contributed by atoms with Crippen molar-refractivity contribution in [2.45, 2.75) is 6.42 Å². The van der Waals surface area contributed by atoms with Crippen molar-refractivity contribution >= 4 is 45.1 Å². The molecule has 2 rings (SSSR count). The molecule has 1 saturated heterocycles.